The molecule has 5 nitrogen and oxygen atoms in total. The largest absolute Gasteiger partial charge is 0.352 e. The Morgan fingerprint density at radius 3 is 2.74 bits per heavy atom. The van der Waals surface area contributed by atoms with Gasteiger partial charge in [-0.25, -0.2) is 4.98 Å². The van der Waals surface area contributed by atoms with E-state index >= 15 is 0 Å². The maximum absolute atomic E-state index is 11.9. The lowest BCUT2D eigenvalue weighted by atomic mass is 10.2. The molecule has 1 aliphatic rings. The second kappa shape index (κ2) is 7.37. The fourth-order valence-corrected chi connectivity index (χ4v) is 3.04. The summed E-state index contributed by atoms with van der Waals surface area (Å²) in [5.74, 6) is 0.431. The first-order valence-corrected chi connectivity index (χ1v) is 8.69. The van der Waals surface area contributed by atoms with Crippen LogP contribution in [-0.2, 0) is 4.79 Å². The molecule has 0 saturated heterocycles. The standard InChI is InChI=1S/C17H19N3O2S/c21-15(20-17-19-14(11-23-17)12-8-9-12)7-4-10-18-16(22)13-5-2-1-3-6-13/h1-3,5-6,11-12H,4,7-10H2,(H,18,22)(H,19,20,21). The van der Waals surface area contributed by atoms with Gasteiger partial charge in [0.25, 0.3) is 5.91 Å². The molecule has 0 spiro atoms. The van der Waals surface area contributed by atoms with Gasteiger partial charge in [0.2, 0.25) is 5.91 Å². The predicted molar refractivity (Wildman–Crippen MR) is 90.7 cm³/mol. The number of anilines is 1. The van der Waals surface area contributed by atoms with Crippen LogP contribution in [0.2, 0.25) is 0 Å². The molecule has 1 fully saturated rings. The summed E-state index contributed by atoms with van der Waals surface area (Å²) in [4.78, 5) is 28.1. The summed E-state index contributed by atoms with van der Waals surface area (Å²) in [6.45, 7) is 0.479. The van der Waals surface area contributed by atoms with E-state index in [1.807, 2.05) is 23.6 Å². The molecule has 1 heterocycles. The van der Waals surface area contributed by atoms with E-state index in [4.69, 9.17) is 0 Å². The molecule has 0 unspecified atom stereocenters. The number of nitrogens with one attached hydrogen (secondary N) is 2. The van der Waals surface area contributed by atoms with Crippen molar-refractivity contribution >= 4 is 28.3 Å². The minimum atomic E-state index is -0.111. The average Bonchev–Trinajstić information content (AvgIpc) is 3.32. The van der Waals surface area contributed by atoms with Gasteiger partial charge in [-0.15, -0.1) is 11.3 Å². The Hall–Kier alpha value is -2.21. The molecule has 3 rings (SSSR count). The van der Waals surface area contributed by atoms with Crippen molar-refractivity contribution in [3.05, 3.63) is 47.0 Å². The summed E-state index contributed by atoms with van der Waals surface area (Å²) < 4.78 is 0. The van der Waals surface area contributed by atoms with Gasteiger partial charge < -0.3 is 10.6 Å². The third kappa shape index (κ3) is 4.63. The molecule has 1 aromatic carbocycles. The monoisotopic (exact) mass is 329 g/mol. The molecule has 0 bridgehead atoms. The Labute approximate surface area is 139 Å². The molecule has 2 N–H and O–H groups in total. The van der Waals surface area contributed by atoms with Gasteiger partial charge in [0.15, 0.2) is 5.13 Å². The lowest BCUT2D eigenvalue weighted by Crippen LogP contribution is -2.25. The number of benzene rings is 1. The topological polar surface area (TPSA) is 71.1 Å². The van der Waals surface area contributed by atoms with Gasteiger partial charge in [-0.3, -0.25) is 9.59 Å². The van der Waals surface area contributed by atoms with Crippen molar-refractivity contribution in [2.45, 2.75) is 31.6 Å². The summed E-state index contributed by atoms with van der Waals surface area (Å²) >= 11 is 1.47. The summed E-state index contributed by atoms with van der Waals surface area (Å²) in [6, 6.07) is 9.05. The summed E-state index contributed by atoms with van der Waals surface area (Å²) in [5.41, 5.74) is 1.73. The van der Waals surface area contributed by atoms with Crippen LogP contribution in [0.4, 0.5) is 5.13 Å². The van der Waals surface area contributed by atoms with Gasteiger partial charge >= 0.3 is 0 Å². The molecule has 0 atom stereocenters. The van der Waals surface area contributed by atoms with Crippen LogP contribution in [0.25, 0.3) is 0 Å². The van der Waals surface area contributed by atoms with Gasteiger partial charge in [0, 0.05) is 29.8 Å². The SMILES string of the molecule is O=C(CCCNC(=O)c1ccccc1)Nc1nc(C2CC2)cs1. The number of nitrogens with zero attached hydrogens (tertiary/aromatic N) is 1. The second-order valence-electron chi connectivity index (χ2n) is 5.63. The summed E-state index contributed by atoms with van der Waals surface area (Å²) in [5, 5.41) is 8.33. The molecule has 1 aliphatic carbocycles. The number of hydrogen-bond acceptors (Lipinski definition) is 4. The molecular formula is C17H19N3O2S. The fraction of sp³-hybridized carbons (Fsp3) is 0.353. The van der Waals surface area contributed by atoms with Crippen molar-refractivity contribution in [1.82, 2.24) is 10.3 Å². The maximum atomic E-state index is 11.9. The van der Waals surface area contributed by atoms with Crippen molar-refractivity contribution in [3.8, 4) is 0 Å². The lowest BCUT2D eigenvalue weighted by molar-refractivity contribution is -0.116. The Balaban J connectivity index is 1.35. The zero-order valence-electron chi connectivity index (χ0n) is 12.7. The van der Waals surface area contributed by atoms with E-state index in [1.165, 1.54) is 24.2 Å². The molecule has 2 aromatic rings. The molecular weight excluding hydrogens is 310 g/mol. The second-order valence-corrected chi connectivity index (χ2v) is 6.48. The van der Waals surface area contributed by atoms with E-state index in [9.17, 15) is 9.59 Å². The minimum Gasteiger partial charge on any atom is -0.352 e. The first-order valence-electron chi connectivity index (χ1n) is 7.81. The van der Waals surface area contributed by atoms with E-state index < -0.39 is 0 Å². The van der Waals surface area contributed by atoms with Gasteiger partial charge in [-0.1, -0.05) is 18.2 Å². The Kier molecular flexibility index (Phi) is 5.02. The zero-order valence-corrected chi connectivity index (χ0v) is 13.6. The van der Waals surface area contributed by atoms with Gasteiger partial charge in [0.1, 0.15) is 0 Å². The molecule has 1 aromatic heterocycles. The van der Waals surface area contributed by atoms with Gasteiger partial charge in [-0.05, 0) is 31.4 Å². The zero-order chi connectivity index (χ0) is 16.1. The third-order valence-electron chi connectivity index (χ3n) is 3.67. The van der Waals surface area contributed by atoms with Crippen LogP contribution in [0, 0.1) is 0 Å². The highest BCUT2D eigenvalue weighted by atomic mass is 32.1. The maximum Gasteiger partial charge on any atom is 0.251 e. The Morgan fingerprint density at radius 1 is 1.22 bits per heavy atom. The van der Waals surface area contributed by atoms with Crippen LogP contribution in [0.15, 0.2) is 35.7 Å². The summed E-state index contributed by atoms with van der Waals surface area (Å²) in [7, 11) is 0. The smallest absolute Gasteiger partial charge is 0.251 e. The van der Waals surface area contributed by atoms with Gasteiger partial charge in [0.05, 0.1) is 5.69 Å². The number of carbonyl (C=O) groups excluding carboxylic acids is 2. The number of rotatable bonds is 7. The van der Waals surface area contributed by atoms with Crippen LogP contribution < -0.4 is 10.6 Å². The van der Waals surface area contributed by atoms with E-state index in [2.05, 4.69) is 15.6 Å². The first-order chi connectivity index (χ1) is 11.2. The average molecular weight is 329 g/mol. The van der Waals surface area contributed by atoms with E-state index in [-0.39, 0.29) is 11.8 Å². The van der Waals surface area contributed by atoms with E-state index in [1.54, 1.807) is 12.1 Å². The van der Waals surface area contributed by atoms with Crippen LogP contribution in [0.1, 0.15) is 47.7 Å². The molecule has 6 heteroatoms. The molecule has 2 amide bonds. The number of aromatic nitrogens is 1. The minimum absolute atomic E-state index is 0.0596. The van der Waals surface area contributed by atoms with Crippen molar-refractivity contribution in [2.24, 2.45) is 0 Å². The number of amides is 2. The van der Waals surface area contributed by atoms with Crippen molar-refractivity contribution in [1.29, 1.82) is 0 Å². The van der Waals surface area contributed by atoms with Crippen molar-refractivity contribution in [2.75, 3.05) is 11.9 Å². The highest BCUT2D eigenvalue weighted by Crippen LogP contribution is 2.40. The number of carbonyl (C=O) groups is 2. The highest BCUT2D eigenvalue weighted by molar-refractivity contribution is 7.13. The number of hydrogen-bond donors (Lipinski definition) is 2. The van der Waals surface area contributed by atoms with Crippen LogP contribution in [0.3, 0.4) is 0 Å². The third-order valence-corrected chi connectivity index (χ3v) is 4.44. The molecule has 0 aliphatic heterocycles. The molecule has 0 radical (unpaired) electrons. The highest BCUT2D eigenvalue weighted by Gasteiger charge is 2.26. The quantitative estimate of drug-likeness (QED) is 0.767. The Morgan fingerprint density at radius 2 is 2.00 bits per heavy atom. The fourth-order valence-electron chi connectivity index (χ4n) is 2.23. The normalized spacial score (nSPS) is 13.6. The summed E-state index contributed by atoms with van der Waals surface area (Å²) in [6.07, 6.45) is 3.38. The van der Waals surface area contributed by atoms with Crippen LogP contribution in [0.5, 0.6) is 0 Å². The molecule has 23 heavy (non-hydrogen) atoms. The van der Waals surface area contributed by atoms with Crippen LogP contribution in [-0.4, -0.2) is 23.3 Å². The van der Waals surface area contributed by atoms with Gasteiger partial charge in [-0.2, -0.15) is 0 Å². The molecule has 120 valence electrons. The van der Waals surface area contributed by atoms with E-state index in [0.717, 1.165) is 5.69 Å². The Bertz CT molecular complexity index is 680. The van der Waals surface area contributed by atoms with E-state index in [0.29, 0.717) is 36.0 Å². The lowest BCUT2D eigenvalue weighted by Gasteiger charge is -2.05. The van der Waals surface area contributed by atoms with Crippen molar-refractivity contribution in [3.63, 3.8) is 0 Å². The molecule has 1 saturated carbocycles. The number of thiazole rings is 1. The van der Waals surface area contributed by atoms with Crippen molar-refractivity contribution < 1.29 is 9.59 Å². The first kappa shape index (κ1) is 15.7. The van der Waals surface area contributed by atoms with Crippen LogP contribution >= 0.6 is 11.3 Å². The predicted octanol–water partition coefficient (Wildman–Crippen LogP) is 3.17.